The van der Waals surface area contributed by atoms with Crippen molar-refractivity contribution in [3.8, 4) is 0 Å². The van der Waals surface area contributed by atoms with Gasteiger partial charge in [0.25, 0.3) is 0 Å². The van der Waals surface area contributed by atoms with Gasteiger partial charge in [0.1, 0.15) is 6.04 Å². The highest BCUT2D eigenvalue weighted by atomic mass is 16.4. The molecule has 0 aliphatic heterocycles. The average Bonchev–Trinajstić information content (AvgIpc) is 2.14. The van der Waals surface area contributed by atoms with Gasteiger partial charge in [-0.25, -0.2) is 4.79 Å². The first kappa shape index (κ1) is 13.9. The highest BCUT2D eigenvalue weighted by Gasteiger charge is 2.18. The van der Waals surface area contributed by atoms with E-state index in [1.807, 2.05) is 20.8 Å². The molecule has 0 aliphatic carbocycles. The zero-order valence-electron chi connectivity index (χ0n) is 9.75. The topological polar surface area (TPSA) is 66.4 Å². The SMILES string of the molecule is CCC[C@H](NC(=O)CCC(C)C)C(=O)O. The molecule has 0 aromatic carbocycles. The van der Waals surface area contributed by atoms with Crippen molar-refractivity contribution in [3.05, 3.63) is 0 Å². The molecule has 0 fully saturated rings. The lowest BCUT2D eigenvalue weighted by Crippen LogP contribution is -2.40. The maximum atomic E-state index is 11.4. The Balaban J connectivity index is 3.94. The molecule has 0 saturated carbocycles. The Hall–Kier alpha value is -1.06. The monoisotopic (exact) mass is 215 g/mol. The maximum absolute atomic E-state index is 11.4. The lowest BCUT2D eigenvalue weighted by atomic mass is 10.1. The van der Waals surface area contributed by atoms with Gasteiger partial charge in [-0.2, -0.15) is 0 Å². The number of carboxylic acids is 1. The fraction of sp³-hybridized carbons (Fsp3) is 0.818. The summed E-state index contributed by atoms with van der Waals surface area (Å²) in [6, 6.07) is -0.727. The van der Waals surface area contributed by atoms with Crippen LogP contribution in [0.2, 0.25) is 0 Å². The first-order chi connectivity index (χ1) is 6.97. The smallest absolute Gasteiger partial charge is 0.326 e. The van der Waals surface area contributed by atoms with Crippen LogP contribution in [0.25, 0.3) is 0 Å². The van der Waals surface area contributed by atoms with E-state index in [1.165, 1.54) is 0 Å². The van der Waals surface area contributed by atoms with Crippen LogP contribution in [0.4, 0.5) is 0 Å². The van der Waals surface area contributed by atoms with E-state index in [4.69, 9.17) is 5.11 Å². The van der Waals surface area contributed by atoms with Crippen LogP contribution in [0, 0.1) is 5.92 Å². The van der Waals surface area contributed by atoms with E-state index in [9.17, 15) is 9.59 Å². The van der Waals surface area contributed by atoms with Gasteiger partial charge in [0, 0.05) is 6.42 Å². The summed E-state index contributed by atoms with van der Waals surface area (Å²) in [5, 5.41) is 11.4. The van der Waals surface area contributed by atoms with Crippen molar-refractivity contribution in [1.29, 1.82) is 0 Å². The van der Waals surface area contributed by atoms with E-state index < -0.39 is 12.0 Å². The number of carboxylic acid groups (broad SMARTS) is 1. The minimum absolute atomic E-state index is 0.162. The zero-order chi connectivity index (χ0) is 11.8. The zero-order valence-corrected chi connectivity index (χ0v) is 9.75. The Morgan fingerprint density at radius 2 is 1.87 bits per heavy atom. The summed E-state index contributed by atoms with van der Waals surface area (Å²) in [5.74, 6) is -0.649. The van der Waals surface area contributed by atoms with Crippen LogP contribution in [0.1, 0.15) is 46.5 Å². The molecule has 1 amide bonds. The van der Waals surface area contributed by atoms with E-state index in [0.717, 1.165) is 12.8 Å². The summed E-state index contributed by atoms with van der Waals surface area (Å²) in [5.41, 5.74) is 0. The third-order valence-electron chi connectivity index (χ3n) is 2.16. The number of nitrogens with one attached hydrogen (secondary N) is 1. The lowest BCUT2D eigenvalue weighted by Gasteiger charge is -2.13. The molecule has 0 rings (SSSR count). The van der Waals surface area contributed by atoms with Crippen molar-refractivity contribution >= 4 is 11.9 Å². The normalized spacial score (nSPS) is 12.5. The maximum Gasteiger partial charge on any atom is 0.326 e. The second-order valence-corrected chi connectivity index (χ2v) is 4.18. The molecule has 0 unspecified atom stereocenters. The molecule has 0 radical (unpaired) electrons. The van der Waals surface area contributed by atoms with E-state index in [1.54, 1.807) is 0 Å². The Morgan fingerprint density at radius 1 is 1.27 bits per heavy atom. The third kappa shape index (κ3) is 6.94. The molecule has 0 heterocycles. The second-order valence-electron chi connectivity index (χ2n) is 4.18. The number of carbonyl (C=O) groups excluding carboxylic acids is 1. The predicted molar refractivity (Wildman–Crippen MR) is 58.5 cm³/mol. The second kappa shape index (κ2) is 7.26. The Morgan fingerprint density at radius 3 is 2.27 bits per heavy atom. The van der Waals surface area contributed by atoms with Crippen molar-refractivity contribution < 1.29 is 14.7 Å². The highest BCUT2D eigenvalue weighted by molar-refractivity contribution is 5.83. The molecule has 1 atom stereocenters. The van der Waals surface area contributed by atoms with Gasteiger partial charge >= 0.3 is 5.97 Å². The van der Waals surface area contributed by atoms with Gasteiger partial charge in [-0.1, -0.05) is 27.2 Å². The number of hydrogen-bond acceptors (Lipinski definition) is 2. The number of carbonyl (C=O) groups is 2. The van der Waals surface area contributed by atoms with Crippen LogP contribution in [-0.2, 0) is 9.59 Å². The van der Waals surface area contributed by atoms with Crippen molar-refractivity contribution in [1.82, 2.24) is 5.32 Å². The summed E-state index contributed by atoms with van der Waals surface area (Å²) in [6.45, 7) is 5.97. The first-order valence-corrected chi connectivity index (χ1v) is 5.49. The quantitative estimate of drug-likeness (QED) is 0.680. The summed E-state index contributed by atoms with van der Waals surface area (Å²) in [4.78, 5) is 22.1. The summed E-state index contributed by atoms with van der Waals surface area (Å²) >= 11 is 0. The molecule has 0 aromatic rings. The van der Waals surface area contributed by atoms with Crippen molar-refractivity contribution in [2.75, 3.05) is 0 Å². The standard InChI is InChI=1S/C11H21NO3/c1-4-5-9(11(14)15)12-10(13)7-6-8(2)3/h8-9H,4-7H2,1-3H3,(H,12,13)(H,14,15)/t9-/m0/s1. The van der Waals surface area contributed by atoms with Crippen LogP contribution in [0.3, 0.4) is 0 Å². The summed E-state index contributed by atoms with van der Waals surface area (Å²) < 4.78 is 0. The van der Waals surface area contributed by atoms with Crippen LogP contribution >= 0.6 is 0 Å². The molecule has 88 valence electrons. The molecule has 0 aliphatic rings. The minimum atomic E-state index is -0.949. The van der Waals surface area contributed by atoms with E-state index >= 15 is 0 Å². The molecule has 0 bridgehead atoms. The number of amides is 1. The van der Waals surface area contributed by atoms with Crippen molar-refractivity contribution in [2.24, 2.45) is 5.92 Å². The number of hydrogen-bond donors (Lipinski definition) is 2. The predicted octanol–water partition coefficient (Wildman–Crippen LogP) is 1.79. The Bertz CT molecular complexity index is 214. The van der Waals surface area contributed by atoms with Gasteiger partial charge in [0.15, 0.2) is 0 Å². The van der Waals surface area contributed by atoms with Crippen LogP contribution < -0.4 is 5.32 Å². The van der Waals surface area contributed by atoms with Crippen LogP contribution in [-0.4, -0.2) is 23.0 Å². The number of aliphatic carboxylic acids is 1. The van der Waals surface area contributed by atoms with Gasteiger partial charge in [0.2, 0.25) is 5.91 Å². The molecular weight excluding hydrogens is 194 g/mol. The van der Waals surface area contributed by atoms with Gasteiger partial charge in [-0.15, -0.1) is 0 Å². The molecule has 0 saturated heterocycles. The summed E-state index contributed by atoms with van der Waals surface area (Å²) in [6.07, 6.45) is 2.44. The van der Waals surface area contributed by atoms with Gasteiger partial charge in [0.05, 0.1) is 0 Å². The van der Waals surface area contributed by atoms with E-state index in [-0.39, 0.29) is 5.91 Å². The fourth-order valence-corrected chi connectivity index (χ4v) is 1.23. The first-order valence-electron chi connectivity index (χ1n) is 5.49. The molecule has 2 N–H and O–H groups in total. The third-order valence-corrected chi connectivity index (χ3v) is 2.16. The van der Waals surface area contributed by atoms with Gasteiger partial charge < -0.3 is 10.4 Å². The Kier molecular flexibility index (Phi) is 6.75. The molecule has 0 spiro atoms. The van der Waals surface area contributed by atoms with Gasteiger partial charge in [-0.3, -0.25) is 4.79 Å². The highest BCUT2D eigenvalue weighted by Crippen LogP contribution is 2.04. The minimum Gasteiger partial charge on any atom is -0.480 e. The number of rotatable bonds is 7. The van der Waals surface area contributed by atoms with Crippen LogP contribution in [0.5, 0.6) is 0 Å². The van der Waals surface area contributed by atoms with E-state index in [2.05, 4.69) is 5.32 Å². The van der Waals surface area contributed by atoms with Gasteiger partial charge in [-0.05, 0) is 18.8 Å². The Labute approximate surface area is 91.1 Å². The molecule has 4 nitrogen and oxygen atoms in total. The average molecular weight is 215 g/mol. The lowest BCUT2D eigenvalue weighted by molar-refractivity contribution is -0.142. The fourth-order valence-electron chi connectivity index (χ4n) is 1.23. The largest absolute Gasteiger partial charge is 0.480 e. The molecule has 0 aromatic heterocycles. The van der Waals surface area contributed by atoms with Crippen molar-refractivity contribution in [3.63, 3.8) is 0 Å². The molecular formula is C11H21NO3. The summed E-state index contributed by atoms with van der Waals surface area (Å²) in [7, 11) is 0. The van der Waals surface area contributed by atoms with E-state index in [0.29, 0.717) is 18.8 Å². The van der Waals surface area contributed by atoms with Crippen molar-refractivity contribution in [2.45, 2.75) is 52.5 Å². The van der Waals surface area contributed by atoms with Crippen LogP contribution in [0.15, 0.2) is 0 Å². The molecule has 15 heavy (non-hydrogen) atoms. The molecule has 4 heteroatoms.